The molecule has 1 aliphatic heterocycles. The van der Waals surface area contributed by atoms with Gasteiger partial charge in [0.05, 0.1) is 22.1 Å². The Hall–Kier alpha value is -3.29. The van der Waals surface area contributed by atoms with Crippen molar-refractivity contribution in [3.63, 3.8) is 0 Å². The number of amides is 2. The van der Waals surface area contributed by atoms with Crippen molar-refractivity contribution < 1.29 is 22.4 Å². The topological polar surface area (TPSA) is 111 Å². The number of nitrogens with one attached hydrogen (secondary N) is 1. The van der Waals surface area contributed by atoms with E-state index in [1.54, 1.807) is 13.8 Å². The molecule has 0 unspecified atom stereocenters. The zero-order chi connectivity index (χ0) is 24.2. The van der Waals surface area contributed by atoms with Crippen LogP contribution in [0.4, 0.5) is 4.39 Å². The molecule has 0 spiro atoms. The molecule has 0 aliphatic carbocycles. The van der Waals surface area contributed by atoms with E-state index in [4.69, 9.17) is 5.26 Å². The molecule has 1 aliphatic rings. The maximum absolute atomic E-state index is 13.9. The molecule has 10 heteroatoms. The molecular weight excluding hydrogens is 447 g/mol. The van der Waals surface area contributed by atoms with Crippen LogP contribution in [0.5, 0.6) is 0 Å². The summed E-state index contributed by atoms with van der Waals surface area (Å²) in [7, 11) is -3.76. The van der Waals surface area contributed by atoms with E-state index >= 15 is 0 Å². The van der Waals surface area contributed by atoms with Crippen LogP contribution in [-0.4, -0.2) is 61.7 Å². The van der Waals surface area contributed by atoms with Gasteiger partial charge in [-0.15, -0.1) is 0 Å². The summed E-state index contributed by atoms with van der Waals surface area (Å²) in [6.45, 7) is 4.06. The van der Waals surface area contributed by atoms with Crippen molar-refractivity contribution in [1.29, 1.82) is 5.26 Å². The zero-order valence-corrected chi connectivity index (χ0v) is 19.2. The molecule has 2 aromatic carbocycles. The van der Waals surface area contributed by atoms with Crippen molar-refractivity contribution in [2.45, 2.75) is 24.8 Å². The van der Waals surface area contributed by atoms with Crippen LogP contribution in [0.15, 0.2) is 53.4 Å². The van der Waals surface area contributed by atoms with Gasteiger partial charge in [-0.1, -0.05) is 26.0 Å². The summed E-state index contributed by atoms with van der Waals surface area (Å²) in [5.74, 6) is -1.95. The molecule has 1 atom stereocenters. The van der Waals surface area contributed by atoms with Gasteiger partial charge in [0.15, 0.2) is 0 Å². The minimum atomic E-state index is -3.76. The summed E-state index contributed by atoms with van der Waals surface area (Å²) in [6.07, 6.45) is 0. The van der Waals surface area contributed by atoms with Crippen LogP contribution in [0.3, 0.4) is 0 Å². The second kappa shape index (κ2) is 10.1. The number of halogens is 1. The van der Waals surface area contributed by atoms with Gasteiger partial charge in [-0.3, -0.25) is 9.59 Å². The molecule has 0 aromatic heterocycles. The molecule has 1 saturated heterocycles. The Labute approximate surface area is 192 Å². The van der Waals surface area contributed by atoms with Gasteiger partial charge in [-0.2, -0.15) is 9.57 Å². The Balaban J connectivity index is 1.66. The zero-order valence-electron chi connectivity index (χ0n) is 18.4. The van der Waals surface area contributed by atoms with E-state index in [0.717, 1.165) is 0 Å². The first-order valence-electron chi connectivity index (χ1n) is 10.5. The number of sulfonamides is 1. The SMILES string of the molecule is CC(C)[C@H](NC(=O)c1ccccc1F)C(=O)N1CCN(S(=O)(=O)c2ccc(C#N)cc2)CC1. The fourth-order valence-corrected chi connectivity index (χ4v) is 5.00. The Morgan fingerprint density at radius 3 is 2.18 bits per heavy atom. The van der Waals surface area contributed by atoms with Crippen molar-refractivity contribution >= 4 is 21.8 Å². The van der Waals surface area contributed by atoms with Gasteiger partial charge in [-0.05, 0) is 42.3 Å². The summed E-state index contributed by atoms with van der Waals surface area (Å²) in [6, 6.07) is 12.3. The minimum Gasteiger partial charge on any atom is -0.340 e. The summed E-state index contributed by atoms with van der Waals surface area (Å²) < 4.78 is 41.0. The molecule has 3 rings (SSSR count). The van der Waals surface area contributed by atoms with Crippen LogP contribution in [0.25, 0.3) is 0 Å². The molecule has 2 aromatic rings. The molecule has 1 fully saturated rings. The number of piperazine rings is 1. The predicted octanol–water partition coefficient (Wildman–Crippen LogP) is 1.98. The number of nitrogens with zero attached hydrogens (tertiary/aromatic N) is 3. The van der Waals surface area contributed by atoms with Crippen LogP contribution in [-0.2, 0) is 14.8 Å². The third-order valence-corrected chi connectivity index (χ3v) is 7.42. The Morgan fingerprint density at radius 2 is 1.64 bits per heavy atom. The lowest BCUT2D eigenvalue weighted by molar-refractivity contribution is -0.135. The number of rotatable bonds is 6. The molecule has 2 amide bonds. The minimum absolute atomic E-state index is 0.0819. The molecule has 0 saturated carbocycles. The van der Waals surface area contributed by atoms with Crippen molar-refractivity contribution in [2.75, 3.05) is 26.2 Å². The van der Waals surface area contributed by atoms with E-state index in [1.807, 2.05) is 6.07 Å². The lowest BCUT2D eigenvalue weighted by atomic mass is 10.0. The van der Waals surface area contributed by atoms with E-state index in [-0.39, 0.29) is 48.5 Å². The monoisotopic (exact) mass is 472 g/mol. The Bertz CT molecular complexity index is 1170. The summed E-state index contributed by atoms with van der Waals surface area (Å²) >= 11 is 0. The Kier molecular flexibility index (Phi) is 7.46. The number of hydrogen-bond acceptors (Lipinski definition) is 5. The highest BCUT2D eigenvalue weighted by Crippen LogP contribution is 2.19. The van der Waals surface area contributed by atoms with Crippen LogP contribution in [0.2, 0.25) is 0 Å². The summed E-state index contributed by atoms with van der Waals surface area (Å²) in [5.41, 5.74) is 0.218. The van der Waals surface area contributed by atoms with Crippen LogP contribution in [0, 0.1) is 23.1 Å². The summed E-state index contributed by atoms with van der Waals surface area (Å²) in [4.78, 5) is 27.2. The van der Waals surface area contributed by atoms with Gasteiger partial charge < -0.3 is 10.2 Å². The predicted molar refractivity (Wildman–Crippen MR) is 119 cm³/mol. The average molecular weight is 473 g/mol. The number of nitriles is 1. The van der Waals surface area contributed by atoms with E-state index in [9.17, 15) is 22.4 Å². The maximum Gasteiger partial charge on any atom is 0.254 e. The van der Waals surface area contributed by atoms with E-state index < -0.39 is 27.8 Å². The molecule has 8 nitrogen and oxygen atoms in total. The molecule has 1 heterocycles. The van der Waals surface area contributed by atoms with Crippen molar-refractivity contribution in [3.8, 4) is 6.07 Å². The standard InChI is InChI=1S/C23H25FN4O4S/c1-16(2)21(26-22(29)19-5-3-4-6-20(19)24)23(30)27-11-13-28(14-12-27)33(31,32)18-9-7-17(15-25)8-10-18/h3-10,16,21H,11-14H2,1-2H3,(H,26,29)/t21-/m0/s1. The smallest absolute Gasteiger partial charge is 0.254 e. The number of hydrogen-bond donors (Lipinski definition) is 1. The van der Waals surface area contributed by atoms with Gasteiger partial charge in [0.2, 0.25) is 15.9 Å². The number of benzene rings is 2. The quantitative estimate of drug-likeness (QED) is 0.691. The lowest BCUT2D eigenvalue weighted by Gasteiger charge is -2.36. The molecule has 1 N–H and O–H groups in total. The molecular formula is C23H25FN4O4S. The normalized spacial score (nSPS) is 15.7. The molecule has 0 bridgehead atoms. The van der Waals surface area contributed by atoms with Crippen molar-refractivity contribution in [1.82, 2.24) is 14.5 Å². The maximum atomic E-state index is 13.9. The lowest BCUT2D eigenvalue weighted by Crippen LogP contribution is -2.57. The van der Waals surface area contributed by atoms with Gasteiger partial charge in [0.25, 0.3) is 5.91 Å². The van der Waals surface area contributed by atoms with Gasteiger partial charge in [-0.25, -0.2) is 12.8 Å². The molecule has 0 radical (unpaired) electrons. The highest BCUT2D eigenvalue weighted by molar-refractivity contribution is 7.89. The highest BCUT2D eigenvalue weighted by atomic mass is 32.2. The first-order valence-corrected chi connectivity index (χ1v) is 11.9. The van der Waals surface area contributed by atoms with Crippen LogP contribution < -0.4 is 5.32 Å². The van der Waals surface area contributed by atoms with E-state index in [0.29, 0.717) is 5.56 Å². The van der Waals surface area contributed by atoms with Gasteiger partial charge in [0.1, 0.15) is 11.9 Å². The van der Waals surface area contributed by atoms with Crippen LogP contribution >= 0.6 is 0 Å². The fourth-order valence-electron chi connectivity index (χ4n) is 3.57. The fraction of sp³-hybridized carbons (Fsp3) is 0.348. The largest absolute Gasteiger partial charge is 0.340 e. The third-order valence-electron chi connectivity index (χ3n) is 5.51. The van der Waals surface area contributed by atoms with Crippen molar-refractivity contribution in [3.05, 3.63) is 65.5 Å². The van der Waals surface area contributed by atoms with E-state index in [1.165, 1.54) is 57.7 Å². The van der Waals surface area contributed by atoms with Crippen LogP contribution in [0.1, 0.15) is 29.8 Å². The van der Waals surface area contributed by atoms with Gasteiger partial charge in [0, 0.05) is 26.2 Å². The first kappa shape index (κ1) is 24.4. The first-order chi connectivity index (χ1) is 15.6. The number of carbonyl (C=O) groups excluding carboxylic acids is 2. The second-order valence-corrected chi connectivity index (χ2v) is 9.98. The average Bonchev–Trinajstić information content (AvgIpc) is 2.82. The molecule has 33 heavy (non-hydrogen) atoms. The highest BCUT2D eigenvalue weighted by Gasteiger charge is 2.34. The summed E-state index contributed by atoms with van der Waals surface area (Å²) in [5, 5.41) is 11.5. The molecule has 174 valence electrons. The number of carbonyl (C=O) groups is 2. The second-order valence-electron chi connectivity index (χ2n) is 8.04. The third kappa shape index (κ3) is 5.38. The van der Waals surface area contributed by atoms with Crippen molar-refractivity contribution in [2.24, 2.45) is 5.92 Å². The Morgan fingerprint density at radius 1 is 1.03 bits per heavy atom. The van der Waals surface area contributed by atoms with Gasteiger partial charge >= 0.3 is 0 Å². The van der Waals surface area contributed by atoms with E-state index in [2.05, 4.69) is 5.32 Å².